The monoisotopic (exact) mass is 242 g/mol. The molecule has 1 fully saturated rings. The highest BCUT2D eigenvalue weighted by atomic mass is 16.5. The van der Waals surface area contributed by atoms with Gasteiger partial charge in [0.05, 0.1) is 12.5 Å². The van der Waals surface area contributed by atoms with Gasteiger partial charge in [0.25, 0.3) is 0 Å². The predicted molar refractivity (Wildman–Crippen MR) is 67.7 cm³/mol. The summed E-state index contributed by atoms with van der Waals surface area (Å²) in [6.07, 6.45) is 10.1. The molecule has 0 aromatic rings. The van der Waals surface area contributed by atoms with E-state index in [1.54, 1.807) is 0 Å². The first-order chi connectivity index (χ1) is 8.22. The van der Waals surface area contributed by atoms with E-state index >= 15 is 0 Å². The molecule has 1 N–H and O–H groups in total. The molecule has 1 saturated heterocycles. The third-order valence-corrected chi connectivity index (χ3v) is 3.37. The Bertz CT molecular complexity index is 216. The van der Waals surface area contributed by atoms with Gasteiger partial charge in [0.15, 0.2) is 0 Å². The number of unbranched alkanes of at least 4 members (excludes halogenated alkanes) is 6. The summed E-state index contributed by atoms with van der Waals surface area (Å²) in [4.78, 5) is 11.1. The van der Waals surface area contributed by atoms with Crippen LogP contribution < -0.4 is 0 Å². The van der Waals surface area contributed by atoms with Gasteiger partial charge in [0, 0.05) is 6.42 Å². The third kappa shape index (κ3) is 6.67. The highest BCUT2D eigenvalue weighted by Crippen LogP contribution is 2.20. The first-order valence-electron chi connectivity index (χ1n) is 7.10. The Morgan fingerprint density at radius 3 is 2.47 bits per heavy atom. The van der Waals surface area contributed by atoms with Crippen LogP contribution in [0, 0.1) is 0 Å². The van der Waals surface area contributed by atoms with Crippen molar-refractivity contribution in [2.45, 2.75) is 83.3 Å². The van der Waals surface area contributed by atoms with Crippen molar-refractivity contribution in [3.63, 3.8) is 0 Å². The molecule has 100 valence electrons. The molecule has 0 aliphatic carbocycles. The van der Waals surface area contributed by atoms with E-state index < -0.39 is 6.10 Å². The zero-order valence-electron chi connectivity index (χ0n) is 11.0. The lowest BCUT2D eigenvalue weighted by Crippen LogP contribution is -2.32. The van der Waals surface area contributed by atoms with E-state index in [-0.39, 0.29) is 18.5 Å². The minimum Gasteiger partial charge on any atom is -0.462 e. The third-order valence-electron chi connectivity index (χ3n) is 3.37. The van der Waals surface area contributed by atoms with Gasteiger partial charge >= 0.3 is 5.97 Å². The standard InChI is InChI=1S/C14H26O3/c1-2-3-4-5-6-7-8-9-13-10-12(15)11-14(16)17-13/h12-13,15H,2-11H2,1H3/t12-,13-/m1/s1. The first-order valence-corrected chi connectivity index (χ1v) is 7.10. The highest BCUT2D eigenvalue weighted by molar-refractivity contribution is 5.70. The van der Waals surface area contributed by atoms with E-state index in [1.165, 1.54) is 38.5 Å². The lowest BCUT2D eigenvalue weighted by Gasteiger charge is -2.25. The number of carbonyl (C=O) groups excluding carboxylic acids is 1. The largest absolute Gasteiger partial charge is 0.462 e. The maximum absolute atomic E-state index is 11.1. The van der Waals surface area contributed by atoms with Crippen molar-refractivity contribution < 1.29 is 14.6 Å². The summed E-state index contributed by atoms with van der Waals surface area (Å²) in [5.41, 5.74) is 0. The van der Waals surface area contributed by atoms with Gasteiger partial charge in [-0.2, -0.15) is 0 Å². The summed E-state index contributed by atoms with van der Waals surface area (Å²) < 4.78 is 5.20. The van der Waals surface area contributed by atoms with Crippen LogP contribution in [0.3, 0.4) is 0 Å². The average Bonchev–Trinajstić information content (AvgIpc) is 2.26. The zero-order chi connectivity index (χ0) is 12.5. The molecule has 0 unspecified atom stereocenters. The second-order valence-corrected chi connectivity index (χ2v) is 5.12. The van der Waals surface area contributed by atoms with E-state index in [1.807, 2.05) is 0 Å². The Morgan fingerprint density at radius 2 is 1.82 bits per heavy atom. The van der Waals surface area contributed by atoms with Gasteiger partial charge in [-0.15, -0.1) is 0 Å². The number of esters is 1. The van der Waals surface area contributed by atoms with Crippen molar-refractivity contribution in [3.05, 3.63) is 0 Å². The molecule has 0 spiro atoms. The molecule has 17 heavy (non-hydrogen) atoms. The summed E-state index contributed by atoms with van der Waals surface area (Å²) in [7, 11) is 0. The number of carbonyl (C=O) groups is 1. The predicted octanol–water partition coefficient (Wildman–Crippen LogP) is 3.19. The average molecular weight is 242 g/mol. The van der Waals surface area contributed by atoms with Crippen molar-refractivity contribution in [2.24, 2.45) is 0 Å². The molecule has 1 heterocycles. The smallest absolute Gasteiger partial charge is 0.308 e. The molecule has 2 atom stereocenters. The Kier molecular flexibility index (Phi) is 7.25. The van der Waals surface area contributed by atoms with Crippen molar-refractivity contribution in [2.75, 3.05) is 0 Å². The molecule has 0 radical (unpaired) electrons. The van der Waals surface area contributed by atoms with E-state index in [4.69, 9.17) is 4.74 Å². The molecular formula is C14H26O3. The van der Waals surface area contributed by atoms with Crippen LogP contribution in [0.4, 0.5) is 0 Å². The number of aliphatic hydroxyl groups excluding tert-OH is 1. The fraction of sp³-hybridized carbons (Fsp3) is 0.929. The van der Waals surface area contributed by atoms with Gasteiger partial charge in [0.1, 0.15) is 6.10 Å². The minimum atomic E-state index is -0.481. The number of cyclic esters (lactones) is 1. The van der Waals surface area contributed by atoms with Crippen LogP contribution in [-0.4, -0.2) is 23.3 Å². The van der Waals surface area contributed by atoms with Crippen molar-refractivity contribution in [1.82, 2.24) is 0 Å². The SMILES string of the molecule is CCCCCCCCC[C@@H]1C[C@@H](O)CC(=O)O1. The van der Waals surface area contributed by atoms with E-state index in [0.29, 0.717) is 6.42 Å². The summed E-state index contributed by atoms with van der Waals surface area (Å²) in [5.74, 6) is -0.239. The Hall–Kier alpha value is -0.570. The molecule has 3 heteroatoms. The number of hydrogen-bond donors (Lipinski definition) is 1. The number of ether oxygens (including phenoxy) is 1. The fourth-order valence-electron chi connectivity index (χ4n) is 2.37. The lowest BCUT2D eigenvalue weighted by molar-refractivity contribution is -0.160. The summed E-state index contributed by atoms with van der Waals surface area (Å²) >= 11 is 0. The maximum atomic E-state index is 11.1. The van der Waals surface area contributed by atoms with Crippen LogP contribution >= 0.6 is 0 Å². The summed E-state index contributed by atoms with van der Waals surface area (Å²) in [5, 5.41) is 9.45. The van der Waals surface area contributed by atoms with Crippen LogP contribution in [0.5, 0.6) is 0 Å². The quantitative estimate of drug-likeness (QED) is 0.525. The molecule has 0 saturated carbocycles. The molecule has 0 amide bonds. The van der Waals surface area contributed by atoms with Gasteiger partial charge in [-0.3, -0.25) is 4.79 Å². The fourth-order valence-corrected chi connectivity index (χ4v) is 2.37. The van der Waals surface area contributed by atoms with Crippen molar-refractivity contribution >= 4 is 5.97 Å². The number of hydrogen-bond acceptors (Lipinski definition) is 3. The molecule has 0 aromatic heterocycles. The molecule has 3 nitrogen and oxygen atoms in total. The number of rotatable bonds is 8. The topological polar surface area (TPSA) is 46.5 Å². The molecule has 1 rings (SSSR count). The van der Waals surface area contributed by atoms with Gasteiger partial charge < -0.3 is 9.84 Å². The Balaban J connectivity index is 1.97. The van der Waals surface area contributed by atoms with Crippen molar-refractivity contribution in [3.8, 4) is 0 Å². The van der Waals surface area contributed by atoms with E-state index in [9.17, 15) is 9.90 Å². The Labute approximate surface area is 105 Å². The lowest BCUT2D eigenvalue weighted by atomic mass is 10.00. The van der Waals surface area contributed by atoms with Gasteiger partial charge in [0.2, 0.25) is 0 Å². The van der Waals surface area contributed by atoms with Crippen LogP contribution in [0.15, 0.2) is 0 Å². The van der Waals surface area contributed by atoms with Crippen LogP contribution in [0.2, 0.25) is 0 Å². The molecular weight excluding hydrogens is 216 g/mol. The second-order valence-electron chi connectivity index (χ2n) is 5.12. The number of aliphatic hydroxyl groups is 1. The zero-order valence-corrected chi connectivity index (χ0v) is 11.0. The van der Waals surface area contributed by atoms with Crippen molar-refractivity contribution in [1.29, 1.82) is 0 Å². The van der Waals surface area contributed by atoms with Crippen LogP contribution in [0.25, 0.3) is 0 Å². The van der Waals surface area contributed by atoms with Gasteiger partial charge in [-0.1, -0.05) is 45.4 Å². The first kappa shape index (κ1) is 14.5. The Morgan fingerprint density at radius 1 is 1.18 bits per heavy atom. The maximum Gasteiger partial charge on any atom is 0.308 e. The van der Waals surface area contributed by atoms with E-state index in [0.717, 1.165) is 12.8 Å². The van der Waals surface area contributed by atoms with Gasteiger partial charge in [-0.25, -0.2) is 0 Å². The van der Waals surface area contributed by atoms with Gasteiger partial charge in [-0.05, 0) is 12.8 Å². The molecule has 0 aromatic carbocycles. The van der Waals surface area contributed by atoms with Crippen LogP contribution in [-0.2, 0) is 9.53 Å². The normalized spacial score (nSPS) is 24.7. The second kappa shape index (κ2) is 8.51. The summed E-state index contributed by atoms with van der Waals surface area (Å²) in [6, 6.07) is 0. The highest BCUT2D eigenvalue weighted by Gasteiger charge is 2.26. The molecule has 0 bridgehead atoms. The summed E-state index contributed by atoms with van der Waals surface area (Å²) in [6.45, 7) is 2.22. The molecule has 1 aliphatic rings. The van der Waals surface area contributed by atoms with E-state index in [2.05, 4.69) is 6.92 Å². The van der Waals surface area contributed by atoms with Crippen LogP contribution in [0.1, 0.15) is 71.1 Å². The molecule has 1 aliphatic heterocycles. The minimum absolute atomic E-state index is 0.0399.